The number of hydrogen-bond donors (Lipinski definition) is 1. The van der Waals surface area contributed by atoms with E-state index in [0.717, 1.165) is 18.2 Å². The Labute approximate surface area is 194 Å². The standard InChI is InChI=1S/C23H34F2N2O5Si/c1-14(28)19-13-18(26-21(29)31-10-11-33(5,6)7)20(15-8-9-16(24)17(25)12-15)27(19)22(30)32-23(2,3)4/h8-9,12,18-20H,10-11,13H2,1-7H3,(H,26,29)/t18-,19+,20+/m1/s1. The number of amides is 2. The maximum atomic E-state index is 14.1. The Morgan fingerprint density at radius 1 is 1.15 bits per heavy atom. The zero-order valence-electron chi connectivity index (χ0n) is 20.3. The highest BCUT2D eigenvalue weighted by Gasteiger charge is 2.49. The van der Waals surface area contributed by atoms with Crippen molar-refractivity contribution in [3.8, 4) is 0 Å². The van der Waals surface area contributed by atoms with Gasteiger partial charge in [-0.05, 0) is 57.9 Å². The summed E-state index contributed by atoms with van der Waals surface area (Å²) in [6, 6.07) is 1.38. The lowest BCUT2D eigenvalue weighted by Gasteiger charge is -2.33. The van der Waals surface area contributed by atoms with Gasteiger partial charge in [0.1, 0.15) is 5.60 Å². The SMILES string of the molecule is CC(=O)[C@@H]1C[C@@H](NC(=O)OCC[Si](C)(C)C)[C@H](c2ccc(F)c(F)c2)N1C(=O)OC(C)(C)C. The number of carbonyl (C=O) groups is 3. The molecule has 1 aromatic carbocycles. The molecule has 1 aliphatic rings. The summed E-state index contributed by atoms with van der Waals surface area (Å²) in [7, 11) is -1.42. The first-order chi connectivity index (χ1) is 15.1. The Hall–Kier alpha value is -2.49. The number of alkyl carbamates (subject to hydrolysis) is 1. The van der Waals surface area contributed by atoms with Gasteiger partial charge in [-0.25, -0.2) is 18.4 Å². The third kappa shape index (κ3) is 7.51. The predicted molar refractivity (Wildman–Crippen MR) is 123 cm³/mol. The van der Waals surface area contributed by atoms with Crippen LogP contribution in [0.4, 0.5) is 18.4 Å². The number of carbonyl (C=O) groups excluding carboxylic acids is 3. The summed E-state index contributed by atoms with van der Waals surface area (Å²) in [5.74, 6) is -2.46. The van der Waals surface area contributed by atoms with Crippen molar-refractivity contribution in [2.45, 2.75) is 83.5 Å². The van der Waals surface area contributed by atoms with Crippen LogP contribution in [0.3, 0.4) is 0 Å². The van der Waals surface area contributed by atoms with E-state index in [0.29, 0.717) is 0 Å². The second-order valence-electron chi connectivity index (χ2n) is 10.6. The second kappa shape index (κ2) is 10.2. The summed E-state index contributed by atoms with van der Waals surface area (Å²) in [6.45, 7) is 13.1. The fourth-order valence-corrected chi connectivity index (χ4v) is 4.37. The Kier molecular flexibility index (Phi) is 8.26. The summed E-state index contributed by atoms with van der Waals surface area (Å²) in [5.41, 5.74) is -0.617. The summed E-state index contributed by atoms with van der Waals surface area (Å²) < 4.78 is 38.5. The molecular formula is C23H34F2N2O5Si. The number of nitrogens with one attached hydrogen (secondary N) is 1. The summed E-state index contributed by atoms with van der Waals surface area (Å²) in [5, 5.41) is 2.72. The quantitative estimate of drug-likeness (QED) is 0.572. The lowest BCUT2D eigenvalue weighted by atomic mass is 9.99. The van der Waals surface area contributed by atoms with Crippen LogP contribution >= 0.6 is 0 Å². The van der Waals surface area contributed by atoms with Gasteiger partial charge in [0, 0.05) is 8.07 Å². The van der Waals surface area contributed by atoms with Crippen LogP contribution in [0.5, 0.6) is 0 Å². The normalized spacial score (nSPS) is 21.0. The Morgan fingerprint density at radius 3 is 2.30 bits per heavy atom. The molecule has 1 fully saturated rings. The lowest BCUT2D eigenvalue weighted by molar-refractivity contribution is -0.121. The van der Waals surface area contributed by atoms with Crippen LogP contribution in [0.15, 0.2) is 18.2 Å². The van der Waals surface area contributed by atoms with Gasteiger partial charge in [0.2, 0.25) is 0 Å². The number of halogens is 2. The van der Waals surface area contributed by atoms with E-state index in [-0.39, 0.29) is 24.4 Å². The fraction of sp³-hybridized carbons (Fsp3) is 0.609. The van der Waals surface area contributed by atoms with Crippen molar-refractivity contribution >= 4 is 26.0 Å². The Bertz CT molecular complexity index is 898. The number of ketones is 1. The Balaban J connectivity index is 2.37. The largest absolute Gasteiger partial charge is 0.450 e. The molecule has 1 aromatic rings. The summed E-state index contributed by atoms with van der Waals surface area (Å²) >= 11 is 0. The molecule has 0 aliphatic carbocycles. The third-order valence-corrected chi connectivity index (χ3v) is 6.95. The van der Waals surface area contributed by atoms with Gasteiger partial charge < -0.3 is 14.8 Å². The van der Waals surface area contributed by atoms with Crippen molar-refractivity contribution in [2.75, 3.05) is 6.61 Å². The maximum Gasteiger partial charge on any atom is 0.411 e. The van der Waals surface area contributed by atoms with Crippen LogP contribution in [0.2, 0.25) is 25.7 Å². The molecule has 184 valence electrons. The lowest BCUT2D eigenvalue weighted by Crippen LogP contribution is -2.45. The van der Waals surface area contributed by atoms with E-state index in [4.69, 9.17) is 9.47 Å². The van der Waals surface area contributed by atoms with Crippen molar-refractivity contribution in [3.05, 3.63) is 35.4 Å². The van der Waals surface area contributed by atoms with Crippen LogP contribution < -0.4 is 5.32 Å². The molecule has 1 N–H and O–H groups in total. The first-order valence-corrected chi connectivity index (χ1v) is 14.7. The van der Waals surface area contributed by atoms with E-state index >= 15 is 0 Å². The number of benzene rings is 1. The molecule has 2 rings (SSSR count). The van der Waals surface area contributed by atoms with Crippen LogP contribution in [-0.2, 0) is 14.3 Å². The van der Waals surface area contributed by atoms with Crippen molar-refractivity contribution in [2.24, 2.45) is 0 Å². The van der Waals surface area contributed by atoms with Crippen molar-refractivity contribution in [1.82, 2.24) is 10.2 Å². The molecule has 0 saturated carbocycles. The maximum absolute atomic E-state index is 14.1. The highest BCUT2D eigenvalue weighted by Crippen LogP contribution is 2.38. The Morgan fingerprint density at radius 2 is 1.79 bits per heavy atom. The van der Waals surface area contributed by atoms with Crippen molar-refractivity contribution in [1.29, 1.82) is 0 Å². The molecule has 10 heteroatoms. The topological polar surface area (TPSA) is 84.9 Å². The first-order valence-electron chi connectivity index (χ1n) is 11.0. The van der Waals surface area contributed by atoms with E-state index in [9.17, 15) is 23.2 Å². The molecule has 0 unspecified atom stereocenters. The highest BCUT2D eigenvalue weighted by atomic mass is 28.3. The molecule has 33 heavy (non-hydrogen) atoms. The number of rotatable bonds is 6. The van der Waals surface area contributed by atoms with Gasteiger partial charge in [0.25, 0.3) is 0 Å². The van der Waals surface area contributed by atoms with Crippen molar-refractivity contribution < 1.29 is 32.6 Å². The number of Topliss-reactive ketones (excluding diaryl/α,β-unsaturated/α-hetero) is 1. The third-order valence-electron chi connectivity index (χ3n) is 5.24. The molecule has 2 amide bonds. The average Bonchev–Trinajstić information content (AvgIpc) is 3.01. The van der Waals surface area contributed by atoms with E-state index in [2.05, 4.69) is 25.0 Å². The van der Waals surface area contributed by atoms with Crippen LogP contribution in [0.25, 0.3) is 0 Å². The number of nitrogens with zero attached hydrogens (tertiary/aromatic N) is 1. The average molecular weight is 485 g/mol. The van der Waals surface area contributed by atoms with Gasteiger partial charge >= 0.3 is 12.2 Å². The fourth-order valence-electron chi connectivity index (χ4n) is 3.66. The molecule has 1 aliphatic heterocycles. The van der Waals surface area contributed by atoms with E-state index in [1.54, 1.807) is 20.8 Å². The van der Waals surface area contributed by atoms with Gasteiger partial charge in [0.05, 0.1) is 24.7 Å². The molecule has 1 heterocycles. The zero-order valence-corrected chi connectivity index (χ0v) is 21.3. The highest BCUT2D eigenvalue weighted by molar-refractivity contribution is 6.76. The minimum atomic E-state index is -1.42. The summed E-state index contributed by atoms with van der Waals surface area (Å²) in [6.07, 6.45) is -1.39. The molecule has 1 saturated heterocycles. The molecule has 3 atom stereocenters. The smallest absolute Gasteiger partial charge is 0.411 e. The van der Waals surface area contributed by atoms with Gasteiger partial charge in [-0.3, -0.25) is 9.69 Å². The van der Waals surface area contributed by atoms with Crippen molar-refractivity contribution in [3.63, 3.8) is 0 Å². The predicted octanol–water partition coefficient (Wildman–Crippen LogP) is 5.04. The molecule has 0 spiro atoms. The van der Waals surface area contributed by atoms with Crippen LogP contribution in [0, 0.1) is 11.6 Å². The molecule has 0 radical (unpaired) electrons. The van der Waals surface area contributed by atoms with Gasteiger partial charge in [-0.2, -0.15) is 0 Å². The van der Waals surface area contributed by atoms with Gasteiger partial charge in [0.15, 0.2) is 17.4 Å². The molecule has 0 aromatic heterocycles. The molecular weight excluding hydrogens is 450 g/mol. The summed E-state index contributed by atoms with van der Waals surface area (Å²) in [4.78, 5) is 39.2. The van der Waals surface area contributed by atoms with Gasteiger partial charge in [-0.15, -0.1) is 0 Å². The number of likely N-dealkylation sites (tertiary alicyclic amines) is 1. The zero-order chi connectivity index (χ0) is 25.1. The monoisotopic (exact) mass is 484 g/mol. The minimum absolute atomic E-state index is 0.0847. The van der Waals surface area contributed by atoms with Crippen LogP contribution in [0.1, 0.15) is 45.7 Å². The van der Waals surface area contributed by atoms with E-state index in [1.165, 1.54) is 17.9 Å². The number of ether oxygens (including phenoxy) is 2. The number of hydrogen-bond acceptors (Lipinski definition) is 5. The van der Waals surface area contributed by atoms with E-state index < -0.39 is 55.6 Å². The minimum Gasteiger partial charge on any atom is -0.450 e. The van der Waals surface area contributed by atoms with Crippen LogP contribution in [-0.4, -0.2) is 55.2 Å². The second-order valence-corrected chi connectivity index (χ2v) is 16.2. The molecule has 0 bridgehead atoms. The van der Waals surface area contributed by atoms with Gasteiger partial charge in [-0.1, -0.05) is 25.7 Å². The first kappa shape index (κ1) is 26.8. The molecule has 7 nitrogen and oxygen atoms in total. The van der Waals surface area contributed by atoms with E-state index in [1.807, 2.05) is 0 Å².